The van der Waals surface area contributed by atoms with Crippen LogP contribution in [0.1, 0.15) is 29.3 Å². The fraction of sp³-hybridized carbons (Fsp3) is 0.222. The summed E-state index contributed by atoms with van der Waals surface area (Å²) in [4.78, 5) is 12.3. The van der Waals surface area contributed by atoms with Gasteiger partial charge in [-0.05, 0) is 54.5 Å². The van der Waals surface area contributed by atoms with Crippen molar-refractivity contribution in [2.24, 2.45) is 0 Å². The average Bonchev–Trinajstić information content (AvgIpc) is 2.59. The molecule has 0 unspecified atom stereocenters. The van der Waals surface area contributed by atoms with Crippen LogP contribution in [0, 0.1) is 0 Å². The predicted molar refractivity (Wildman–Crippen MR) is 106 cm³/mol. The Bertz CT molecular complexity index is 768. The molecule has 0 atom stereocenters. The van der Waals surface area contributed by atoms with E-state index >= 15 is 0 Å². The van der Waals surface area contributed by atoms with Gasteiger partial charge >= 0.3 is 0 Å². The molecular formula is C18H18Cl2N2O2S. The molecule has 0 aliphatic carbocycles. The second-order valence-corrected chi connectivity index (χ2v) is 6.50. The largest absolute Gasteiger partial charge is 0.494 e. The van der Waals surface area contributed by atoms with Gasteiger partial charge < -0.3 is 10.1 Å². The summed E-state index contributed by atoms with van der Waals surface area (Å²) in [6, 6.07) is 12.2. The number of ether oxygens (including phenoxy) is 1. The standard InChI is InChI=1S/C18H18Cl2N2O2S/c1-2-8-24-15-5-3-4-12(9-15)17(23)22-18(25)21-11-13-6-7-14(19)10-16(13)20/h3-7,9-10H,2,8,11H2,1H3,(H2,21,22,23,25). The highest BCUT2D eigenvalue weighted by Crippen LogP contribution is 2.20. The van der Waals surface area contributed by atoms with E-state index in [0.29, 0.717) is 34.5 Å². The molecule has 0 aliphatic heterocycles. The molecule has 2 N–H and O–H groups in total. The molecule has 132 valence electrons. The van der Waals surface area contributed by atoms with Crippen molar-refractivity contribution in [3.63, 3.8) is 0 Å². The second kappa shape index (κ2) is 9.61. The van der Waals surface area contributed by atoms with Crippen LogP contribution in [-0.4, -0.2) is 17.6 Å². The zero-order valence-electron chi connectivity index (χ0n) is 13.6. The number of amides is 1. The van der Waals surface area contributed by atoms with Gasteiger partial charge in [0, 0.05) is 22.2 Å². The van der Waals surface area contributed by atoms with Crippen LogP contribution in [0.5, 0.6) is 5.75 Å². The van der Waals surface area contributed by atoms with E-state index in [1.807, 2.05) is 13.0 Å². The molecule has 0 aliphatic rings. The van der Waals surface area contributed by atoms with Crippen LogP contribution in [0.25, 0.3) is 0 Å². The second-order valence-electron chi connectivity index (χ2n) is 5.25. The Balaban J connectivity index is 1.90. The summed E-state index contributed by atoms with van der Waals surface area (Å²) in [5.74, 6) is 0.350. The zero-order valence-corrected chi connectivity index (χ0v) is 16.0. The molecule has 2 aromatic carbocycles. The Morgan fingerprint density at radius 3 is 2.72 bits per heavy atom. The quantitative estimate of drug-likeness (QED) is 0.701. The summed E-state index contributed by atoms with van der Waals surface area (Å²) < 4.78 is 5.53. The minimum Gasteiger partial charge on any atom is -0.494 e. The first-order valence-corrected chi connectivity index (χ1v) is 8.92. The number of carbonyl (C=O) groups is 1. The number of rotatable bonds is 6. The molecule has 2 aromatic rings. The van der Waals surface area contributed by atoms with E-state index in [1.54, 1.807) is 36.4 Å². The van der Waals surface area contributed by atoms with Crippen LogP contribution < -0.4 is 15.4 Å². The lowest BCUT2D eigenvalue weighted by atomic mass is 10.2. The Hall–Kier alpha value is -1.82. The molecule has 2 rings (SSSR count). The van der Waals surface area contributed by atoms with Gasteiger partial charge in [0.15, 0.2) is 5.11 Å². The van der Waals surface area contributed by atoms with E-state index in [9.17, 15) is 4.79 Å². The van der Waals surface area contributed by atoms with Crippen molar-refractivity contribution < 1.29 is 9.53 Å². The molecule has 25 heavy (non-hydrogen) atoms. The van der Waals surface area contributed by atoms with E-state index < -0.39 is 0 Å². The third-order valence-electron chi connectivity index (χ3n) is 3.25. The first kappa shape index (κ1) is 19.5. The number of benzene rings is 2. The van der Waals surface area contributed by atoms with Crippen LogP contribution in [0.4, 0.5) is 0 Å². The maximum Gasteiger partial charge on any atom is 0.257 e. The number of nitrogens with one attached hydrogen (secondary N) is 2. The van der Waals surface area contributed by atoms with Crippen LogP contribution in [0.3, 0.4) is 0 Å². The minimum atomic E-state index is -0.304. The first-order valence-electron chi connectivity index (χ1n) is 7.75. The molecule has 1 amide bonds. The van der Waals surface area contributed by atoms with Crippen molar-refractivity contribution in [3.05, 3.63) is 63.6 Å². The predicted octanol–water partition coefficient (Wildman–Crippen LogP) is 4.59. The number of thiocarbonyl (C=S) groups is 1. The highest BCUT2D eigenvalue weighted by Gasteiger charge is 2.09. The molecule has 0 fully saturated rings. The van der Waals surface area contributed by atoms with Gasteiger partial charge in [-0.15, -0.1) is 0 Å². The lowest BCUT2D eigenvalue weighted by Crippen LogP contribution is -2.38. The van der Waals surface area contributed by atoms with E-state index in [4.69, 9.17) is 40.2 Å². The summed E-state index contributed by atoms with van der Waals surface area (Å²) in [5.41, 5.74) is 1.31. The molecule has 7 heteroatoms. The zero-order chi connectivity index (χ0) is 18.2. The van der Waals surface area contributed by atoms with Crippen LogP contribution in [0.15, 0.2) is 42.5 Å². The Morgan fingerprint density at radius 2 is 2.00 bits per heavy atom. The average molecular weight is 397 g/mol. The van der Waals surface area contributed by atoms with E-state index in [0.717, 1.165) is 12.0 Å². The van der Waals surface area contributed by atoms with Gasteiger partial charge in [-0.1, -0.05) is 42.3 Å². The number of halogens is 2. The van der Waals surface area contributed by atoms with Crippen molar-refractivity contribution in [1.29, 1.82) is 0 Å². The summed E-state index contributed by atoms with van der Waals surface area (Å²) in [6.07, 6.45) is 0.900. The fourth-order valence-corrected chi connectivity index (χ4v) is 2.65. The molecule has 0 radical (unpaired) electrons. The number of hydrogen-bond donors (Lipinski definition) is 2. The van der Waals surface area contributed by atoms with Crippen molar-refractivity contribution in [2.45, 2.75) is 19.9 Å². The summed E-state index contributed by atoms with van der Waals surface area (Å²) in [7, 11) is 0. The monoisotopic (exact) mass is 396 g/mol. The molecule has 0 saturated carbocycles. The van der Waals surface area contributed by atoms with Crippen LogP contribution >= 0.6 is 35.4 Å². The molecule has 0 bridgehead atoms. The number of carbonyl (C=O) groups excluding carboxylic acids is 1. The topological polar surface area (TPSA) is 50.4 Å². The first-order chi connectivity index (χ1) is 12.0. The molecule has 0 aromatic heterocycles. The Morgan fingerprint density at radius 1 is 1.20 bits per heavy atom. The maximum atomic E-state index is 12.3. The lowest BCUT2D eigenvalue weighted by molar-refractivity contribution is 0.0976. The van der Waals surface area contributed by atoms with Gasteiger partial charge in [-0.25, -0.2) is 0 Å². The molecule has 0 spiro atoms. The van der Waals surface area contributed by atoms with Gasteiger partial charge in [0.25, 0.3) is 5.91 Å². The van der Waals surface area contributed by atoms with Crippen molar-refractivity contribution in [1.82, 2.24) is 10.6 Å². The molecular weight excluding hydrogens is 379 g/mol. The smallest absolute Gasteiger partial charge is 0.257 e. The maximum absolute atomic E-state index is 12.3. The Kier molecular flexibility index (Phi) is 7.50. The van der Waals surface area contributed by atoms with Crippen LogP contribution in [0.2, 0.25) is 10.0 Å². The van der Waals surface area contributed by atoms with Gasteiger partial charge in [0.2, 0.25) is 0 Å². The van der Waals surface area contributed by atoms with Crippen molar-refractivity contribution >= 4 is 46.4 Å². The van der Waals surface area contributed by atoms with Gasteiger partial charge in [0.05, 0.1) is 6.61 Å². The lowest BCUT2D eigenvalue weighted by Gasteiger charge is -2.11. The highest BCUT2D eigenvalue weighted by molar-refractivity contribution is 7.80. The normalized spacial score (nSPS) is 10.2. The third kappa shape index (κ3) is 6.20. The number of hydrogen-bond acceptors (Lipinski definition) is 3. The van der Waals surface area contributed by atoms with Gasteiger partial charge in [-0.2, -0.15) is 0 Å². The Labute approximate surface area is 162 Å². The van der Waals surface area contributed by atoms with Crippen molar-refractivity contribution in [2.75, 3.05) is 6.61 Å². The fourth-order valence-electron chi connectivity index (χ4n) is 2.01. The summed E-state index contributed by atoms with van der Waals surface area (Å²) in [6.45, 7) is 3.01. The third-order valence-corrected chi connectivity index (χ3v) is 4.08. The van der Waals surface area contributed by atoms with E-state index in [-0.39, 0.29) is 11.0 Å². The molecule has 4 nitrogen and oxygen atoms in total. The minimum absolute atomic E-state index is 0.218. The van der Waals surface area contributed by atoms with Crippen molar-refractivity contribution in [3.8, 4) is 5.75 Å². The summed E-state index contributed by atoms with van der Waals surface area (Å²) >= 11 is 17.1. The van der Waals surface area contributed by atoms with E-state index in [1.165, 1.54) is 0 Å². The van der Waals surface area contributed by atoms with E-state index in [2.05, 4.69) is 10.6 Å². The van der Waals surface area contributed by atoms with Gasteiger partial charge in [0.1, 0.15) is 5.75 Å². The van der Waals surface area contributed by atoms with Gasteiger partial charge in [-0.3, -0.25) is 10.1 Å². The summed E-state index contributed by atoms with van der Waals surface area (Å²) in [5, 5.41) is 6.91. The highest BCUT2D eigenvalue weighted by atomic mass is 35.5. The molecule has 0 heterocycles. The van der Waals surface area contributed by atoms with Crippen LogP contribution in [-0.2, 0) is 6.54 Å². The SMILES string of the molecule is CCCOc1cccc(C(=O)NC(=S)NCc2ccc(Cl)cc2Cl)c1. The molecule has 0 saturated heterocycles.